The smallest absolute Gasteiger partial charge is 0.407 e. The number of carbonyl (C=O) groups excluding carboxylic acids is 6. The minimum Gasteiger partial charge on any atom is -0.459 e. The summed E-state index contributed by atoms with van der Waals surface area (Å²) in [7, 11) is 0. The molecule has 3 rings (SSSR count). The van der Waals surface area contributed by atoms with E-state index in [2.05, 4.69) is 16.0 Å². The standard InChI is InChI=1S/C35H39N3O9/c39-29(21-36-35(44)47-23-28-14-8-3-9-15-28)16-18-33(42)38-30(20-26-10-4-1-5-11-26)31(40)17-19-32(41)37-25-45-24-34(43)46-22-27-12-6-2-7-13-27/h1-15,30H,16-25H2,(H,36,44)(H,37,41)(H,38,42)/t30-/m1/s1. The Kier molecular flexibility index (Phi) is 15.8. The first-order valence-corrected chi connectivity index (χ1v) is 15.1. The highest BCUT2D eigenvalue weighted by Crippen LogP contribution is 2.08. The summed E-state index contributed by atoms with van der Waals surface area (Å²) in [6.45, 7) is -0.736. The number of benzene rings is 3. The molecule has 12 heteroatoms. The van der Waals surface area contributed by atoms with Crippen LogP contribution in [0.1, 0.15) is 42.4 Å². The quantitative estimate of drug-likeness (QED) is 0.0950. The monoisotopic (exact) mass is 645 g/mol. The lowest BCUT2D eigenvalue weighted by Gasteiger charge is -2.18. The second-order valence-electron chi connectivity index (χ2n) is 10.5. The number of carbonyl (C=O) groups is 6. The molecule has 3 aromatic carbocycles. The lowest BCUT2D eigenvalue weighted by atomic mass is 9.99. The summed E-state index contributed by atoms with van der Waals surface area (Å²) in [5, 5.41) is 7.52. The molecule has 0 heterocycles. The van der Waals surface area contributed by atoms with Gasteiger partial charge in [-0.2, -0.15) is 0 Å². The van der Waals surface area contributed by atoms with E-state index in [1.807, 2.05) is 66.7 Å². The summed E-state index contributed by atoms with van der Waals surface area (Å²) in [5.41, 5.74) is 2.44. The van der Waals surface area contributed by atoms with Crippen LogP contribution in [0.2, 0.25) is 0 Å². The van der Waals surface area contributed by atoms with E-state index in [1.54, 1.807) is 24.3 Å². The topological polar surface area (TPSA) is 166 Å². The molecule has 3 aromatic rings. The highest BCUT2D eigenvalue weighted by molar-refractivity contribution is 5.93. The fourth-order valence-corrected chi connectivity index (χ4v) is 4.19. The van der Waals surface area contributed by atoms with E-state index in [9.17, 15) is 28.8 Å². The number of Topliss-reactive ketones (excluding diaryl/α,β-unsaturated/α-hetero) is 2. The zero-order chi connectivity index (χ0) is 33.7. The van der Waals surface area contributed by atoms with Crippen LogP contribution in [-0.4, -0.2) is 61.4 Å². The van der Waals surface area contributed by atoms with Gasteiger partial charge < -0.3 is 30.2 Å². The first kappa shape index (κ1) is 36.1. The molecule has 0 unspecified atom stereocenters. The van der Waals surface area contributed by atoms with Crippen molar-refractivity contribution in [1.29, 1.82) is 0 Å². The normalized spacial score (nSPS) is 11.1. The Morgan fingerprint density at radius 2 is 1.15 bits per heavy atom. The van der Waals surface area contributed by atoms with E-state index < -0.39 is 29.9 Å². The first-order chi connectivity index (χ1) is 22.8. The zero-order valence-corrected chi connectivity index (χ0v) is 26.0. The van der Waals surface area contributed by atoms with Crippen LogP contribution in [0.3, 0.4) is 0 Å². The Balaban J connectivity index is 1.35. The minimum atomic E-state index is -0.922. The maximum absolute atomic E-state index is 13.1. The van der Waals surface area contributed by atoms with E-state index in [1.165, 1.54) is 0 Å². The number of hydrogen-bond acceptors (Lipinski definition) is 9. The molecule has 0 saturated heterocycles. The maximum atomic E-state index is 13.1. The molecule has 0 aliphatic rings. The molecule has 0 saturated carbocycles. The Hall–Kier alpha value is -5.36. The van der Waals surface area contributed by atoms with Gasteiger partial charge in [0.15, 0.2) is 11.6 Å². The van der Waals surface area contributed by atoms with Crippen LogP contribution in [0.15, 0.2) is 91.0 Å². The number of alkyl carbamates (subject to hydrolysis) is 1. The third-order valence-corrected chi connectivity index (χ3v) is 6.71. The molecule has 47 heavy (non-hydrogen) atoms. The lowest BCUT2D eigenvalue weighted by Crippen LogP contribution is -2.43. The minimum absolute atomic E-state index is 0.0571. The van der Waals surface area contributed by atoms with Crippen LogP contribution in [0.5, 0.6) is 0 Å². The Labute approximate surface area is 273 Å². The first-order valence-electron chi connectivity index (χ1n) is 15.1. The van der Waals surface area contributed by atoms with Crippen LogP contribution >= 0.6 is 0 Å². The molecule has 1 atom stereocenters. The summed E-state index contributed by atoms with van der Waals surface area (Å²) in [5.74, 6) is -2.32. The van der Waals surface area contributed by atoms with Gasteiger partial charge in [-0.1, -0.05) is 91.0 Å². The molecule has 0 bridgehead atoms. The van der Waals surface area contributed by atoms with Gasteiger partial charge in [0.2, 0.25) is 11.8 Å². The van der Waals surface area contributed by atoms with E-state index in [-0.39, 0.29) is 76.8 Å². The van der Waals surface area contributed by atoms with Gasteiger partial charge in [-0.3, -0.25) is 19.2 Å². The molecule has 0 fully saturated rings. The van der Waals surface area contributed by atoms with Gasteiger partial charge in [0.1, 0.15) is 26.6 Å². The number of amides is 3. The fraction of sp³-hybridized carbons (Fsp3) is 0.314. The predicted molar refractivity (Wildman–Crippen MR) is 170 cm³/mol. The third-order valence-electron chi connectivity index (χ3n) is 6.71. The highest BCUT2D eigenvalue weighted by atomic mass is 16.6. The van der Waals surface area contributed by atoms with Gasteiger partial charge in [0.05, 0.1) is 12.6 Å². The number of rotatable bonds is 20. The second kappa shape index (κ2) is 20.6. The van der Waals surface area contributed by atoms with Crippen molar-refractivity contribution in [3.8, 4) is 0 Å². The molecule has 0 radical (unpaired) electrons. The Morgan fingerprint density at radius 1 is 0.596 bits per heavy atom. The van der Waals surface area contributed by atoms with Gasteiger partial charge >= 0.3 is 12.1 Å². The highest BCUT2D eigenvalue weighted by Gasteiger charge is 2.22. The number of ether oxygens (including phenoxy) is 3. The second-order valence-corrected chi connectivity index (χ2v) is 10.5. The van der Waals surface area contributed by atoms with E-state index >= 15 is 0 Å². The van der Waals surface area contributed by atoms with Crippen molar-refractivity contribution in [2.75, 3.05) is 19.9 Å². The molecule has 3 amide bonds. The van der Waals surface area contributed by atoms with Gasteiger partial charge in [0.25, 0.3) is 0 Å². The van der Waals surface area contributed by atoms with Crippen LogP contribution in [-0.2, 0) is 57.8 Å². The number of esters is 1. The summed E-state index contributed by atoms with van der Waals surface area (Å²) >= 11 is 0. The molecular formula is C35H39N3O9. The number of ketones is 2. The van der Waals surface area contributed by atoms with Crippen molar-refractivity contribution in [2.45, 2.75) is 51.4 Å². The van der Waals surface area contributed by atoms with Crippen molar-refractivity contribution in [3.63, 3.8) is 0 Å². The van der Waals surface area contributed by atoms with Gasteiger partial charge in [-0.05, 0) is 23.1 Å². The SMILES string of the molecule is O=C(CCC(=O)N[C@H](Cc1ccccc1)C(=O)CCC(=O)NCOCC(=O)OCc1ccccc1)CNC(=O)OCc1ccccc1. The van der Waals surface area contributed by atoms with Crippen molar-refractivity contribution in [1.82, 2.24) is 16.0 Å². The van der Waals surface area contributed by atoms with E-state index in [4.69, 9.17) is 14.2 Å². The van der Waals surface area contributed by atoms with Crippen LogP contribution in [0.25, 0.3) is 0 Å². The zero-order valence-electron chi connectivity index (χ0n) is 26.0. The lowest BCUT2D eigenvalue weighted by molar-refractivity contribution is -0.151. The molecule has 248 valence electrons. The largest absolute Gasteiger partial charge is 0.459 e. The summed E-state index contributed by atoms with van der Waals surface area (Å²) in [6.07, 6.45) is -1.21. The van der Waals surface area contributed by atoms with Gasteiger partial charge in [-0.25, -0.2) is 9.59 Å². The van der Waals surface area contributed by atoms with Gasteiger partial charge in [-0.15, -0.1) is 0 Å². The van der Waals surface area contributed by atoms with Crippen LogP contribution < -0.4 is 16.0 Å². The van der Waals surface area contributed by atoms with Gasteiger partial charge in [0, 0.05) is 25.7 Å². The molecular weight excluding hydrogens is 606 g/mol. The molecule has 0 aliphatic carbocycles. The molecule has 0 aliphatic heterocycles. The molecule has 3 N–H and O–H groups in total. The fourth-order valence-electron chi connectivity index (χ4n) is 4.19. The number of hydrogen-bond donors (Lipinski definition) is 3. The van der Waals surface area contributed by atoms with Crippen molar-refractivity contribution in [3.05, 3.63) is 108 Å². The van der Waals surface area contributed by atoms with Crippen molar-refractivity contribution in [2.24, 2.45) is 0 Å². The maximum Gasteiger partial charge on any atom is 0.407 e. The van der Waals surface area contributed by atoms with Crippen molar-refractivity contribution >= 4 is 35.4 Å². The van der Waals surface area contributed by atoms with Crippen LogP contribution in [0, 0.1) is 0 Å². The van der Waals surface area contributed by atoms with Crippen molar-refractivity contribution < 1.29 is 43.0 Å². The summed E-state index contributed by atoms with van der Waals surface area (Å²) in [4.78, 5) is 74.0. The molecule has 0 aromatic heterocycles. The van der Waals surface area contributed by atoms with E-state index in [0.717, 1.165) is 16.7 Å². The molecule has 0 spiro atoms. The average Bonchev–Trinajstić information content (AvgIpc) is 3.09. The average molecular weight is 646 g/mol. The summed E-state index contributed by atoms with van der Waals surface area (Å²) < 4.78 is 15.3. The predicted octanol–water partition coefficient (Wildman–Crippen LogP) is 3.17. The Morgan fingerprint density at radius 3 is 1.77 bits per heavy atom. The third kappa shape index (κ3) is 15.5. The number of nitrogens with one attached hydrogen (secondary N) is 3. The molecule has 12 nitrogen and oxygen atoms in total. The van der Waals surface area contributed by atoms with Crippen LogP contribution in [0.4, 0.5) is 4.79 Å². The van der Waals surface area contributed by atoms with E-state index in [0.29, 0.717) is 0 Å². The Bertz CT molecular complexity index is 1450. The summed E-state index contributed by atoms with van der Waals surface area (Å²) in [6, 6.07) is 26.4.